The van der Waals surface area contributed by atoms with Crippen LogP contribution in [0.1, 0.15) is 31.7 Å². The highest BCUT2D eigenvalue weighted by molar-refractivity contribution is 9.10. The largest absolute Gasteiger partial charge is 0.316 e. The highest BCUT2D eigenvalue weighted by atomic mass is 79.9. The van der Waals surface area contributed by atoms with Crippen LogP contribution >= 0.6 is 15.9 Å². The Labute approximate surface area is 100 Å². The highest BCUT2D eigenvalue weighted by Crippen LogP contribution is 2.40. The van der Waals surface area contributed by atoms with E-state index < -0.39 is 0 Å². The van der Waals surface area contributed by atoms with Gasteiger partial charge in [-0.05, 0) is 42.0 Å². The normalized spacial score (nSPS) is 27.9. The number of hydrogen-bond acceptors (Lipinski definition) is 1. The van der Waals surface area contributed by atoms with Gasteiger partial charge in [-0.15, -0.1) is 0 Å². The summed E-state index contributed by atoms with van der Waals surface area (Å²) in [5.74, 6) is 0.626. The minimum atomic E-state index is 0.424. The third-order valence-corrected chi connectivity index (χ3v) is 4.35. The molecule has 0 bridgehead atoms. The van der Waals surface area contributed by atoms with Crippen molar-refractivity contribution in [2.24, 2.45) is 5.41 Å². The van der Waals surface area contributed by atoms with Crippen molar-refractivity contribution in [3.8, 4) is 0 Å². The van der Waals surface area contributed by atoms with Crippen molar-refractivity contribution in [2.75, 3.05) is 13.1 Å². The predicted molar refractivity (Wildman–Crippen MR) is 68.2 cm³/mol. The van der Waals surface area contributed by atoms with E-state index in [1.165, 1.54) is 12.0 Å². The zero-order valence-electron chi connectivity index (χ0n) is 9.39. The van der Waals surface area contributed by atoms with Crippen LogP contribution in [-0.2, 0) is 0 Å². The monoisotopic (exact) mass is 267 g/mol. The average Bonchev–Trinajstić information content (AvgIpc) is 2.67. The van der Waals surface area contributed by atoms with Crippen molar-refractivity contribution in [1.29, 1.82) is 0 Å². The van der Waals surface area contributed by atoms with Crippen LogP contribution in [0.5, 0.6) is 0 Å². The molecule has 82 valence electrons. The molecule has 0 spiro atoms. The molecule has 1 fully saturated rings. The SMILES string of the molecule is C[C@H](c1ccc(Br)cc1)[C@@]1(C)CCNC1. The zero-order chi connectivity index (χ0) is 10.9. The van der Waals surface area contributed by atoms with Crippen molar-refractivity contribution in [3.63, 3.8) is 0 Å². The molecule has 0 amide bonds. The van der Waals surface area contributed by atoms with Crippen LogP contribution in [0.4, 0.5) is 0 Å². The lowest BCUT2D eigenvalue weighted by atomic mass is 9.74. The average molecular weight is 268 g/mol. The molecule has 0 aromatic heterocycles. The fraction of sp³-hybridized carbons (Fsp3) is 0.538. The standard InChI is InChI=1S/C13H18BrN/c1-10(13(2)7-8-15-9-13)11-3-5-12(14)6-4-11/h3-6,10,15H,7-9H2,1-2H3/t10-,13+/m1/s1. The molecular weight excluding hydrogens is 250 g/mol. The molecule has 1 nitrogen and oxygen atoms in total. The molecule has 2 atom stereocenters. The lowest BCUT2D eigenvalue weighted by Gasteiger charge is -2.31. The van der Waals surface area contributed by atoms with E-state index in [9.17, 15) is 0 Å². The van der Waals surface area contributed by atoms with Crippen LogP contribution in [0.2, 0.25) is 0 Å². The maximum Gasteiger partial charge on any atom is 0.0175 e. The Morgan fingerprint density at radius 3 is 2.53 bits per heavy atom. The van der Waals surface area contributed by atoms with E-state index in [1.54, 1.807) is 0 Å². The molecule has 1 aliphatic rings. The van der Waals surface area contributed by atoms with Gasteiger partial charge < -0.3 is 5.32 Å². The predicted octanol–water partition coefficient (Wildman–Crippen LogP) is 3.55. The van der Waals surface area contributed by atoms with Crippen molar-refractivity contribution < 1.29 is 0 Å². The fourth-order valence-corrected chi connectivity index (χ4v) is 2.62. The summed E-state index contributed by atoms with van der Waals surface area (Å²) < 4.78 is 1.16. The number of halogens is 1. The lowest BCUT2D eigenvalue weighted by Crippen LogP contribution is -2.26. The lowest BCUT2D eigenvalue weighted by molar-refractivity contribution is 0.300. The molecule has 0 radical (unpaired) electrons. The maximum atomic E-state index is 3.48. The van der Waals surface area contributed by atoms with Crippen LogP contribution in [0.3, 0.4) is 0 Å². The third-order valence-electron chi connectivity index (χ3n) is 3.82. The molecule has 0 aliphatic carbocycles. The van der Waals surface area contributed by atoms with Gasteiger partial charge in [0.15, 0.2) is 0 Å². The second kappa shape index (κ2) is 4.26. The molecule has 1 saturated heterocycles. The number of benzene rings is 1. The third kappa shape index (κ3) is 2.26. The zero-order valence-corrected chi connectivity index (χ0v) is 11.0. The number of hydrogen-bond donors (Lipinski definition) is 1. The number of nitrogens with one attached hydrogen (secondary N) is 1. The Balaban J connectivity index is 2.19. The summed E-state index contributed by atoms with van der Waals surface area (Å²) >= 11 is 3.48. The molecular formula is C13H18BrN. The van der Waals surface area contributed by atoms with Crippen molar-refractivity contribution in [2.45, 2.75) is 26.2 Å². The smallest absolute Gasteiger partial charge is 0.0175 e. The fourth-order valence-electron chi connectivity index (χ4n) is 2.36. The van der Waals surface area contributed by atoms with Gasteiger partial charge in [-0.25, -0.2) is 0 Å². The summed E-state index contributed by atoms with van der Waals surface area (Å²) in [6, 6.07) is 8.74. The van der Waals surface area contributed by atoms with E-state index in [0.29, 0.717) is 11.3 Å². The second-order valence-electron chi connectivity index (χ2n) is 4.85. The van der Waals surface area contributed by atoms with Gasteiger partial charge in [0.05, 0.1) is 0 Å². The Bertz CT molecular complexity index is 325. The first kappa shape index (κ1) is 11.2. The van der Waals surface area contributed by atoms with Gasteiger partial charge in [0.1, 0.15) is 0 Å². The molecule has 15 heavy (non-hydrogen) atoms. The topological polar surface area (TPSA) is 12.0 Å². The second-order valence-corrected chi connectivity index (χ2v) is 5.77. The molecule has 1 aromatic rings. The molecule has 2 heteroatoms. The molecule has 1 N–H and O–H groups in total. The molecule has 0 unspecified atom stereocenters. The van der Waals surface area contributed by atoms with Crippen molar-refractivity contribution >= 4 is 15.9 Å². The first-order chi connectivity index (χ1) is 7.12. The first-order valence-corrected chi connectivity index (χ1v) is 6.37. The molecule has 1 aromatic carbocycles. The summed E-state index contributed by atoms with van der Waals surface area (Å²) in [5, 5.41) is 3.47. The van der Waals surface area contributed by atoms with E-state index in [4.69, 9.17) is 0 Å². The summed E-state index contributed by atoms with van der Waals surface area (Å²) in [7, 11) is 0. The minimum Gasteiger partial charge on any atom is -0.316 e. The van der Waals surface area contributed by atoms with Crippen LogP contribution in [-0.4, -0.2) is 13.1 Å². The molecule has 2 rings (SSSR count). The molecule has 1 aliphatic heterocycles. The number of rotatable bonds is 2. The van der Waals surface area contributed by atoms with Gasteiger partial charge in [-0.2, -0.15) is 0 Å². The van der Waals surface area contributed by atoms with E-state index in [2.05, 4.69) is 59.4 Å². The Hall–Kier alpha value is -0.340. The highest BCUT2D eigenvalue weighted by Gasteiger charge is 2.34. The van der Waals surface area contributed by atoms with Crippen LogP contribution in [0.25, 0.3) is 0 Å². The Kier molecular flexibility index (Phi) is 3.17. The van der Waals surface area contributed by atoms with Gasteiger partial charge in [0.2, 0.25) is 0 Å². The molecule has 0 saturated carbocycles. The van der Waals surface area contributed by atoms with E-state index in [0.717, 1.165) is 17.6 Å². The molecule has 1 heterocycles. The van der Waals surface area contributed by atoms with Crippen molar-refractivity contribution in [3.05, 3.63) is 34.3 Å². The van der Waals surface area contributed by atoms with Crippen LogP contribution in [0, 0.1) is 5.41 Å². The summed E-state index contributed by atoms with van der Waals surface area (Å²) in [6.07, 6.45) is 1.28. The van der Waals surface area contributed by atoms with Gasteiger partial charge in [-0.3, -0.25) is 0 Å². The summed E-state index contributed by atoms with van der Waals surface area (Å²) in [5.41, 5.74) is 1.87. The van der Waals surface area contributed by atoms with Gasteiger partial charge >= 0.3 is 0 Å². The quantitative estimate of drug-likeness (QED) is 0.864. The van der Waals surface area contributed by atoms with Crippen molar-refractivity contribution in [1.82, 2.24) is 5.32 Å². The van der Waals surface area contributed by atoms with Gasteiger partial charge in [-0.1, -0.05) is 41.9 Å². The Morgan fingerprint density at radius 2 is 2.00 bits per heavy atom. The van der Waals surface area contributed by atoms with E-state index >= 15 is 0 Å². The van der Waals surface area contributed by atoms with Crippen LogP contribution < -0.4 is 5.32 Å². The van der Waals surface area contributed by atoms with Gasteiger partial charge in [0.25, 0.3) is 0 Å². The minimum absolute atomic E-state index is 0.424. The van der Waals surface area contributed by atoms with Gasteiger partial charge in [0, 0.05) is 11.0 Å². The van der Waals surface area contributed by atoms with E-state index in [-0.39, 0.29) is 0 Å². The van der Waals surface area contributed by atoms with Crippen LogP contribution in [0.15, 0.2) is 28.7 Å². The Morgan fingerprint density at radius 1 is 1.33 bits per heavy atom. The van der Waals surface area contributed by atoms with E-state index in [1.807, 2.05) is 0 Å². The summed E-state index contributed by atoms with van der Waals surface area (Å²) in [6.45, 7) is 7.04. The maximum absolute atomic E-state index is 3.48. The first-order valence-electron chi connectivity index (χ1n) is 5.58. The summed E-state index contributed by atoms with van der Waals surface area (Å²) in [4.78, 5) is 0.